The monoisotopic (exact) mass is 613 g/mol. The van der Waals surface area contributed by atoms with Crippen molar-refractivity contribution in [3.05, 3.63) is 22.3 Å². The van der Waals surface area contributed by atoms with Crippen LogP contribution in [-0.2, 0) is 0 Å². The normalized spacial score (nSPS) is 11.0. The largest absolute Gasteiger partial charge is 0.478 e. The molecule has 0 amide bonds. The molecule has 0 saturated heterocycles. The maximum absolute atomic E-state index is 11.3. The van der Waals surface area contributed by atoms with Crippen LogP contribution in [0, 0.1) is 22.2 Å². The second-order valence-corrected chi connectivity index (χ2v) is 7.24. The molecule has 5 nitrogen and oxygen atoms in total. The first-order valence-electron chi connectivity index (χ1n) is 4.61. The Balaban J connectivity index is 3.48. The van der Waals surface area contributed by atoms with Crippen molar-refractivity contribution < 1.29 is 9.90 Å². The topological polar surface area (TPSA) is 85.5 Å². The third-order valence-corrected chi connectivity index (χ3v) is 5.23. The maximum atomic E-state index is 11.3. The maximum Gasteiger partial charge on any atom is 0.337 e. The number of nitrogens with one attached hydrogen (secondary N) is 1. The number of carboxylic acid groups (broad SMARTS) is 1. The van der Waals surface area contributed by atoms with Gasteiger partial charge in [-0.25, -0.2) is 9.79 Å². The Morgan fingerprint density at radius 2 is 2.11 bits per heavy atom. The number of amidine groups is 1. The molecule has 0 radical (unpaired) electrons. The van der Waals surface area contributed by atoms with Gasteiger partial charge in [-0.1, -0.05) is 11.8 Å². The summed E-state index contributed by atoms with van der Waals surface area (Å²) in [6.45, 7) is 0. The Bertz CT molecular complexity index is 599. The van der Waals surface area contributed by atoms with Gasteiger partial charge in [-0.05, 0) is 80.1 Å². The van der Waals surface area contributed by atoms with Crippen LogP contribution in [0.15, 0.2) is 11.1 Å². The number of hydrogen-bond donors (Lipinski definition) is 2. The van der Waals surface area contributed by atoms with Crippen LogP contribution in [0.25, 0.3) is 0 Å². The Kier molecular flexibility index (Phi) is 7.11. The van der Waals surface area contributed by atoms with E-state index < -0.39 is 5.97 Å². The van der Waals surface area contributed by atoms with Crippen LogP contribution < -0.4 is 5.32 Å². The van der Waals surface area contributed by atoms with E-state index in [1.54, 1.807) is 18.5 Å². The van der Waals surface area contributed by atoms with Gasteiger partial charge in [0, 0.05) is 7.14 Å². The van der Waals surface area contributed by atoms with Crippen LogP contribution in [0.1, 0.15) is 10.4 Å². The van der Waals surface area contributed by atoms with Crippen LogP contribution in [0.5, 0.6) is 0 Å². The quantitative estimate of drug-likeness (QED) is 0.175. The Labute approximate surface area is 155 Å². The first-order chi connectivity index (χ1) is 8.92. The van der Waals surface area contributed by atoms with Crippen molar-refractivity contribution in [3.63, 3.8) is 0 Å². The van der Waals surface area contributed by atoms with E-state index in [0.717, 1.165) is 3.57 Å². The number of hydrogen-bond acceptors (Lipinski definition) is 4. The van der Waals surface area contributed by atoms with Crippen molar-refractivity contribution in [1.29, 1.82) is 5.26 Å². The lowest BCUT2D eigenvalue weighted by Gasteiger charge is -2.09. The average Bonchev–Trinajstić information content (AvgIpc) is 2.32. The van der Waals surface area contributed by atoms with Gasteiger partial charge in [0.2, 0.25) is 0 Å². The van der Waals surface area contributed by atoms with Crippen molar-refractivity contribution in [2.75, 3.05) is 6.26 Å². The second-order valence-electron chi connectivity index (χ2n) is 3.04. The molecule has 0 fully saturated rings. The molecule has 2 N–H and O–H groups in total. The molecule has 9 heteroatoms. The number of rotatable bonds is 2. The molecule has 0 saturated carbocycles. The average molecular weight is 613 g/mol. The summed E-state index contributed by atoms with van der Waals surface area (Å²) in [7, 11) is 0. The lowest BCUT2D eigenvalue weighted by molar-refractivity contribution is 0.0694. The number of aromatic carboxylic acids is 1. The minimum Gasteiger partial charge on any atom is -0.478 e. The van der Waals surface area contributed by atoms with E-state index in [0.29, 0.717) is 18.0 Å². The van der Waals surface area contributed by atoms with Crippen molar-refractivity contribution in [3.8, 4) is 6.19 Å². The fourth-order valence-corrected chi connectivity index (χ4v) is 5.56. The fraction of sp³-hybridized carbons (Fsp3) is 0.100. The molecule has 0 bridgehead atoms. The molecule has 100 valence electrons. The van der Waals surface area contributed by atoms with Gasteiger partial charge < -0.3 is 5.11 Å². The number of carbonyl (C=O) groups is 1. The Hall–Kier alpha value is 0.190. The molecular formula is C10H6I3N3O2S. The molecule has 0 aliphatic heterocycles. The summed E-state index contributed by atoms with van der Waals surface area (Å²) < 4.78 is 2.06. The number of aliphatic imine (C=N–C) groups is 1. The van der Waals surface area contributed by atoms with Crippen molar-refractivity contribution in [1.82, 2.24) is 5.32 Å². The molecule has 0 aromatic heterocycles. The third-order valence-electron chi connectivity index (χ3n) is 1.93. The summed E-state index contributed by atoms with van der Waals surface area (Å²) in [5.41, 5.74) is 0.795. The van der Waals surface area contributed by atoms with Crippen molar-refractivity contribution in [2.24, 2.45) is 4.99 Å². The van der Waals surface area contributed by atoms with Crippen LogP contribution in [0.3, 0.4) is 0 Å². The van der Waals surface area contributed by atoms with E-state index >= 15 is 0 Å². The molecule has 0 spiro atoms. The van der Waals surface area contributed by atoms with E-state index in [9.17, 15) is 9.90 Å². The zero-order chi connectivity index (χ0) is 14.6. The molecule has 1 rings (SSSR count). The van der Waals surface area contributed by atoms with E-state index in [4.69, 9.17) is 5.26 Å². The number of thioether (sulfide) groups is 1. The fourth-order valence-electron chi connectivity index (χ4n) is 1.15. The SMILES string of the molecule is CSC(=Nc1c(I)cc(I)c(C(=O)O)c1I)NC#N. The van der Waals surface area contributed by atoms with Crippen LogP contribution in [-0.4, -0.2) is 22.5 Å². The highest BCUT2D eigenvalue weighted by Crippen LogP contribution is 2.34. The Morgan fingerprint density at radius 3 is 2.58 bits per heavy atom. The highest BCUT2D eigenvalue weighted by Gasteiger charge is 2.19. The van der Waals surface area contributed by atoms with E-state index in [1.165, 1.54) is 11.8 Å². The standard InChI is InChI=1S/C10H6I3N3O2S/c1-19-10(15-3-14)16-8-5(12)2-4(11)6(7(8)13)9(17)18/h2H,1H3,(H,15,16)(H,17,18). The number of nitrogens with zero attached hydrogens (tertiary/aromatic N) is 2. The first kappa shape index (κ1) is 17.2. The van der Waals surface area contributed by atoms with E-state index in [2.05, 4.69) is 32.9 Å². The first-order valence-corrected chi connectivity index (χ1v) is 9.07. The third kappa shape index (κ3) is 4.33. The summed E-state index contributed by atoms with van der Waals surface area (Å²) in [6.07, 6.45) is 3.59. The van der Waals surface area contributed by atoms with Gasteiger partial charge in [0.15, 0.2) is 11.4 Å². The predicted octanol–water partition coefficient (Wildman–Crippen LogP) is 3.62. The molecule has 0 aliphatic rings. The summed E-state index contributed by atoms with van der Waals surface area (Å²) in [6, 6.07) is 1.76. The molecule has 1 aromatic carbocycles. The molecule has 1 aromatic rings. The zero-order valence-corrected chi connectivity index (χ0v) is 16.7. The van der Waals surface area contributed by atoms with Gasteiger partial charge in [0.05, 0.1) is 14.8 Å². The zero-order valence-electron chi connectivity index (χ0n) is 9.37. The molecule has 0 atom stereocenters. The number of benzene rings is 1. The molecule has 0 aliphatic carbocycles. The highest BCUT2D eigenvalue weighted by molar-refractivity contribution is 14.1. The summed E-state index contributed by atoms with van der Waals surface area (Å²) >= 11 is 7.35. The van der Waals surface area contributed by atoms with Crippen LogP contribution in [0.4, 0.5) is 5.69 Å². The van der Waals surface area contributed by atoms with Gasteiger partial charge in [-0.3, -0.25) is 5.32 Å². The second kappa shape index (κ2) is 7.84. The summed E-state index contributed by atoms with van der Waals surface area (Å²) in [5.74, 6) is -0.986. The van der Waals surface area contributed by atoms with Crippen LogP contribution in [0.2, 0.25) is 0 Å². The number of carboxylic acids is 1. The van der Waals surface area contributed by atoms with Gasteiger partial charge in [-0.15, -0.1) is 0 Å². The van der Waals surface area contributed by atoms with Crippen molar-refractivity contribution in [2.45, 2.75) is 0 Å². The predicted molar refractivity (Wildman–Crippen MR) is 101 cm³/mol. The highest BCUT2D eigenvalue weighted by atomic mass is 127. The number of halogens is 3. The molecular weight excluding hydrogens is 607 g/mol. The van der Waals surface area contributed by atoms with Gasteiger partial charge in [0.1, 0.15) is 0 Å². The lowest BCUT2D eigenvalue weighted by Crippen LogP contribution is -2.13. The van der Waals surface area contributed by atoms with Crippen molar-refractivity contribution >= 4 is 96.4 Å². The number of nitriles is 1. The van der Waals surface area contributed by atoms with E-state index in [1.807, 2.05) is 45.2 Å². The van der Waals surface area contributed by atoms with Crippen LogP contribution >= 0.6 is 79.5 Å². The Morgan fingerprint density at radius 1 is 1.47 bits per heavy atom. The minimum absolute atomic E-state index is 0.234. The minimum atomic E-state index is -0.986. The summed E-state index contributed by atoms with van der Waals surface area (Å²) in [4.78, 5) is 15.6. The smallest absolute Gasteiger partial charge is 0.337 e. The van der Waals surface area contributed by atoms with Gasteiger partial charge in [0.25, 0.3) is 0 Å². The summed E-state index contributed by atoms with van der Waals surface area (Å²) in [5, 5.41) is 20.7. The molecule has 0 heterocycles. The molecule has 19 heavy (non-hydrogen) atoms. The lowest BCUT2D eigenvalue weighted by atomic mass is 10.2. The molecule has 0 unspecified atom stereocenters. The van der Waals surface area contributed by atoms with Gasteiger partial charge in [-0.2, -0.15) is 5.26 Å². The van der Waals surface area contributed by atoms with Gasteiger partial charge >= 0.3 is 5.97 Å². The van der Waals surface area contributed by atoms with E-state index in [-0.39, 0.29) is 5.56 Å².